The molecule has 0 aromatic heterocycles. The van der Waals surface area contributed by atoms with Crippen molar-refractivity contribution in [1.29, 1.82) is 0 Å². The standard InChI is InChI=1S/C50H76N2/c1-5-7-15-37(6-2)40-19-13-20-42(31-40)46-30-29-45(47-21-10-11-22-48(46)47)36(4)24-26-43(34-51-44-28-27-38-16-8-9-17-41(38)32-44)50-33-49(52-50)39-18-12-14-35(3)23-25-39/h6,9,12,15,17-18,23,25,27-28,36,38,40-52H,2,5,7-8,10-11,13-14,16,19-22,24,26,29-34H2,1,3-4H3/b37-15+/t36?,38?,40?,41?,42?,43?,44?,45?,46?,47?,48?,49?,50-/m0/s1. The number of allylic oxidation sites excluding steroid dienone is 10. The molecule has 2 N–H and O–H groups in total. The second kappa shape index (κ2) is 18.6. The lowest BCUT2D eigenvalue weighted by atomic mass is 9.54. The van der Waals surface area contributed by atoms with E-state index in [1.165, 1.54) is 127 Å². The molecular weight excluding hydrogens is 629 g/mol. The van der Waals surface area contributed by atoms with Crippen molar-refractivity contribution in [2.45, 2.75) is 161 Å². The summed E-state index contributed by atoms with van der Waals surface area (Å²) in [6.45, 7) is 12.7. The molecule has 0 aromatic carbocycles. The van der Waals surface area contributed by atoms with Gasteiger partial charge in [-0.1, -0.05) is 125 Å². The molecule has 7 aliphatic rings. The Balaban J connectivity index is 0.978. The van der Waals surface area contributed by atoms with Crippen LogP contribution in [0.1, 0.15) is 143 Å². The molecule has 0 aromatic rings. The van der Waals surface area contributed by atoms with Gasteiger partial charge in [-0.3, -0.25) is 0 Å². The molecule has 7 rings (SSSR count). The van der Waals surface area contributed by atoms with Gasteiger partial charge in [0.15, 0.2) is 0 Å². The van der Waals surface area contributed by atoms with Gasteiger partial charge in [0.2, 0.25) is 0 Å². The van der Waals surface area contributed by atoms with Crippen molar-refractivity contribution in [1.82, 2.24) is 10.6 Å². The Kier molecular flexibility index (Phi) is 13.7. The van der Waals surface area contributed by atoms with Crippen LogP contribution in [0.25, 0.3) is 0 Å². The summed E-state index contributed by atoms with van der Waals surface area (Å²) in [5.41, 5.74) is 4.53. The van der Waals surface area contributed by atoms with Crippen molar-refractivity contribution in [3.05, 3.63) is 84.1 Å². The van der Waals surface area contributed by atoms with Crippen LogP contribution < -0.4 is 10.6 Å². The third kappa shape index (κ3) is 9.30. The molecule has 1 heterocycles. The van der Waals surface area contributed by atoms with Gasteiger partial charge in [0.05, 0.1) is 0 Å². The van der Waals surface area contributed by atoms with Gasteiger partial charge < -0.3 is 10.6 Å². The van der Waals surface area contributed by atoms with Crippen molar-refractivity contribution in [2.24, 2.45) is 59.2 Å². The first-order valence-electron chi connectivity index (χ1n) is 22.7. The van der Waals surface area contributed by atoms with E-state index in [1.807, 2.05) is 0 Å². The number of nitrogens with one attached hydrogen (secondary N) is 2. The van der Waals surface area contributed by atoms with E-state index in [1.54, 1.807) is 5.57 Å². The lowest BCUT2D eigenvalue weighted by molar-refractivity contribution is -0.0139. The highest BCUT2D eigenvalue weighted by Gasteiger charge is 2.46. The third-order valence-electron chi connectivity index (χ3n) is 15.8. The van der Waals surface area contributed by atoms with E-state index >= 15 is 0 Å². The fourth-order valence-corrected chi connectivity index (χ4v) is 12.7. The van der Waals surface area contributed by atoms with Crippen LogP contribution in [0, 0.1) is 59.2 Å². The number of unbranched alkanes of at least 4 members (excludes halogenated alkanes) is 1. The second-order valence-corrected chi connectivity index (χ2v) is 19.0. The monoisotopic (exact) mass is 705 g/mol. The van der Waals surface area contributed by atoms with E-state index in [-0.39, 0.29) is 0 Å². The van der Waals surface area contributed by atoms with E-state index in [4.69, 9.17) is 0 Å². The molecule has 1 aliphatic heterocycles. The molecule has 0 radical (unpaired) electrons. The molecule has 1 saturated heterocycles. The number of rotatable bonds is 14. The van der Waals surface area contributed by atoms with Gasteiger partial charge in [0.1, 0.15) is 0 Å². The zero-order chi connectivity index (χ0) is 35.9. The van der Waals surface area contributed by atoms with Crippen LogP contribution in [0.2, 0.25) is 0 Å². The summed E-state index contributed by atoms with van der Waals surface area (Å²) in [5.74, 6) is 8.68. The Bertz CT molecular complexity index is 1350. The van der Waals surface area contributed by atoms with Gasteiger partial charge in [0, 0.05) is 18.1 Å². The molecular formula is C50H76N2. The lowest BCUT2D eigenvalue weighted by Crippen LogP contribution is -2.58. The molecule has 0 spiro atoms. The molecule has 0 amide bonds. The molecule has 13 atom stereocenters. The summed E-state index contributed by atoms with van der Waals surface area (Å²) in [5, 5.41) is 8.24. The molecule has 286 valence electrons. The maximum atomic E-state index is 4.26. The minimum Gasteiger partial charge on any atom is -0.310 e. The van der Waals surface area contributed by atoms with Gasteiger partial charge in [-0.25, -0.2) is 0 Å². The van der Waals surface area contributed by atoms with E-state index < -0.39 is 0 Å². The topological polar surface area (TPSA) is 24.1 Å². The van der Waals surface area contributed by atoms with Crippen LogP contribution in [0.5, 0.6) is 0 Å². The van der Waals surface area contributed by atoms with Crippen molar-refractivity contribution < 1.29 is 0 Å². The van der Waals surface area contributed by atoms with Crippen molar-refractivity contribution in [3.63, 3.8) is 0 Å². The molecule has 0 bridgehead atoms. The zero-order valence-electron chi connectivity index (χ0n) is 33.6. The summed E-state index contributed by atoms with van der Waals surface area (Å²) >= 11 is 0. The van der Waals surface area contributed by atoms with E-state index in [0.717, 1.165) is 66.2 Å². The van der Waals surface area contributed by atoms with Gasteiger partial charge in [0.25, 0.3) is 0 Å². The molecule has 52 heavy (non-hydrogen) atoms. The number of hydrogen-bond donors (Lipinski definition) is 2. The van der Waals surface area contributed by atoms with Gasteiger partial charge in [-0.2, -0.15) is 0 Å². The predicted octanol–water partition coefficient (Wildman–Crippen LogP) is 12.6. The number of hydrogen-bond acceptors (Lipinski definition) is 2. The highest BCUT2D eigenvalue weighted by atomic mass is 15.1. The summed E-state index contributed by atoms with van der Waals surface area (Å²) in [4.78, 5) is 0. The van der Waals surface area contributed by atoms with Crippen LogP contribution in [0.4, 0.5) is 0 Å². The SMILES string of the molecule is C=C/C(=C\CCC)C1CCCC(C2CCC(C(C)CCC(CNC3C=CC4CCC=CC4C3)[C@@H]3CC(C4=CC=C(C)CC=C4)N3)C3CCCCC23)C1. The largest absolute Gasteiger partial charge is 0.310 e. The first-order valence-corrected chi connectivity index (χ1v) is 22.7. The first-order chi connectivity index (χ1) is 25.5. The fourth-order valence-electron chi connectivity index (χ4n) is 12.7. The fraction of sp³-hybridized carbons (Fsp3) is 0.720. The zero-order valence-corrected chi connectivity index (χ0v) is 33.6. The molecule has 4 fully saturated rings. The molecule has 3 saturated carbocycles. The molecule has 2 heteroatoms. The predicted molar refractivity (Wildman–Crippen MR) is 224 cm³/mol. The van der Waals surface area contributed by atoms with Crippen LogP contribution in [-0.2, 0) is 0 Å². The second-order valence-electron chi connectivity index (χ2n) is 19.0. The van der Waals surface area contributed by atoms with E-state index in [9.17, 15) is 0 Å². The van der Waals surface area contributed by atoms with Crippen molar-refractivity contribution >= 4 is 0 Å². The summed E-state index contributed by atoms with van der Waals surface area (Å²) in [6.07, 6.45) is 50.5. The normalized spacial score (nSPS) is 38.9. The number of fused-ring (bicyclic) bond motifs is 2. The van der Waals surface area contributed by atoms with Crippen LogP contribution in [0.15, 0.2) is 84.1 Å². The highest BCUT2D eigenvalue weighted by molar-refractivity contribution is 5.36. The average Bonchev–Trinajstić information content (AvgIpc) is 3.38. The van der Waals surface area contributed by atoms with Crippen molar-refractivity contribution in [3.8, 4) is 0 Å². The van der Waals surface area contributed by atoms with E-state index in [0.29, 0.717) is 24.0 Å². The quantitative estimate of drug-likeness (QED) is 0.139. The van der Waals surface area contributed by atoms with Crippen LogP contribution >= 0.6 is 0 Å². The Morgan fingerprint density at radius 1 is 0.885 bits per heavy atom. The average molecular weight is 705 g/mol. The maximum Gasteiger partial charge on any atom is 0.0337 e. The highest BCUT2D eigenvalue weighted by Crippen LogP contribution is 2.54. The van der Waals surface area contributed by atoms with Crippen LogP contribution in [0.3, 0.4) is 0 Å². The Morgan fingerprint density at radius 2 is 1.75 bits per heavy atom. The Labute approximate surface area is 320 Å². The molecule has 12 unspecified atom stereocenters. The third-order valence-corrected chi connectivity index (χ3v) is 15.8. The minimum atomic E-state index is 0.522. The Morgan fingerprint density at radius 3 is 2.60 bits per heavy atom. The summed E-state index contributed by atoms with van der Waals surface area (Å²) in [6, 6.07) is 1.68. The molecule has 2 nitrogen and oxygen atoms in total. The van der Waals surface area contributed by atoms with E-state index in [2.05, 4.69) is 98.7 Å². The summed E-state index contributed by atoms with van der Waals surface area (Å²) in [7, 11) is 0. The van der Waals surface area contributed by atoms with Crippen molar-refractivity contribution in [2.75, 3.05) is 6.54 Å². The first kappa shape index (κ1) is 38.4. The molecule has 6 aliphatic carbocycles. The van der Waals surface area contributed by atoms with Gasteiger partial charge >= 0.3 is 0 Å². The summed E-state index contributed by atoms with van der Waals surface area (Å²) < 4.78 is 0. The Hall–Kier alpha value is -1.90. The van der Waals surface area contributed by atoms with Gasteiger partial charge in [-0.15, -0.1) is 0 Å². The minimum absolute atomic E-state index is 0.522. The smallest absolute Gasteiger partial charge is 0.0337 e. The van der Waals surface area contributed by atoms with Gasteiger partial charge in [-0.05, 0) is 167 Å². The maximum absolute atomic E-state index is 4.26. The lowest BCUT2D eigenvalue weighted by Gasteiger charge is -2.51. The van der Waals surface area contributed by atoms with Crippen LogP contribution in [-0.4, -0.2) is 24.7 Å².